The minimum Gasteiger partial charge on any atom is -0.370 e. The van der Waals surface area contributed by atoms with Crippen molar-refractivity contribution in [2.45, 2.75) is 66.3 Å². The maximum absolute atomic E-state index is 4.77. The number of hydrogen-bond donors (Lipinski definition) is 1. The van der Waals surface area contributed by atoms with E-state index in [1.54, 1.807) is 0 Å². The van der Waals surface area contributed by atoms with E-state index in [4.69, 9.17) is 4.98 Å². The molecule has 0 saturated heterocycles. The lowest BCUT2D eigenvalue weighted by Gasteiger charge is -2.27. The Hall–Kier alpha value is -1.32. The molecule has 0 spiro atoms. The highest BCUT2D eigenvalue weighted by atomic mass is 15.2. The molecular weight excluding hydrogens is 248 g/mol. The van der Waals surface area contributed by atoms with Crippen LogP contribution in [0.4, 0.5) is 11.6 Å². The lowest BCUT2D eigenvalue weighted by molar-refractivity contribution is 0.651. The lowest BCUT2D eigenvalue weighted by atomic mass is 10.2. The van der Waals surface area contributed by atoms with Crippen LogP contribution in [0.3, 0.4) is 0 Å². The van der Waals surface area contributed by atoms with Crippen molar-refractivity contribution in [1.29, 1.82) is 0 Å². The minimum atomic E-state index is 0.483. The fourth-order valence-electron chi connectivity index (χ4n) is 2.13. The molecule has 0 radical (unpaired) electrons. The van der Waals surface area contributed by atoms with E-state index in [1.807, 2.05) is 0 Å². The SMILES string of the molecule is CCCNc1nc(CCC)nc(N(C)C(C)CC)c1C. The van der Waals surface area contributed by atoms with Crippen molar-refractivity contribution in [2.75, 3.05) is 23.8 Å². The van der Waals surface area contributed by atoms with Crippen LogP contribution >= 0.6 is 0 Å². The summed E-state index contributed by atoms with van der Waals surface area (Å²) in [4.78, 5) is 11.7. The first kappa shape index (κ1) is 16.7. The topological polar surface area (TPSA) is 41.1 Å². The van der Waals surface area contributed by atoms with Gasteiger partial charge >= 0.3 is 0 Å². The van der Waals surface area contributed by atoms with Crippen molar-refractivity contribution in [3.63, 3.8) is 0 Å². The van der Waals surface area contributed by atoms with Gasteiger partial charge in [0.15, 0.2) is 0 Å². The Morgan fingerprint density at radius 2 is 1.85 bits per heavy atom. The Kier molecular flexibility index (Phi) is 6.76. The zero-order chi connectivity index (χ0) is 15.1. The van der Waals surface area contributed by atoms with E-state index in [-0.39, 0.29) is 0 Å². The summed E-state index contributed by atoms with van der Waals surface area (Å²) in [5.74, 6) is 3.01. The van der Waals surface area contributed by atoms with Crippen molar-refractivity contribution in [3.8, 4) is 0 Å². The highest BCUT2D eigenvalue weighted by Crippen LogP contribution is 2.25. The second kappa shape index (κ2) is 8.08. The Balaban J connectivity index is 3.16. The van der Waals surface area contributed by atoms with E-state index in [9.17, 15) is 0 Å². The van der Waals surface area contributed by atoms with Gasteiger partial charge in [-0.3, -0.25) is 0 Å². The quantitative estimate of drug-likeness (QED) is 0.785. The highest BCUT2D eigenvalue weighted by Gasteiger charge is 2.16. The van der Waals surface area contributed by atoms with Gasteiger partial charge in [-0.1, -0.05) is 20.8 Å². The molecule has 4 heteroatoms. The first-order chi connectivity index (χ1) is 9.54. The fraction of sp³-hybridized carbons (Fsp3) is 0.750. The molecule has 1 atom stereocenters. The third-order valence-electron chi connectivity index (χ3n) is 3.77. The summed E-state index contributed by atoms with van der Waals surface area (Å²) < 4.78 is 0. The van der Waals surface area contributed by atoms with E-state index in [2.05, 4.69) is 56.9 Å². The largest absolute Gasteiger partial charge is 0.370 e. The molecule has 1 aromatic heterocycles. The molecule has 20 heavy (non-hydrogen) atoms. The van der Waals surface area contributed by atoms with E-state index >= 15 is 0 Å². The van der Waals surface area contributed by atoms with Gasteiger partial charge in [-0.05, 0) is 33.1 Å². The Morgan fingerprint density at radius 1 is 1.15 bits per heavy atom. The summed E-state index contributed by atoms with van der Waals surface area (Å²) in [6.45, 7) is 11.8. The second-order valence-electron chi connectivity index (χ2n) is 5.48. The zero-order valence-electron chi connectivity index (χ0n) is 14.0. The molecule has 1 heterocycles. The molecule has 0 amide bonds. The number of hydrogen-bond acceptors (Lipinski definition) is 4. The first-order valence-corrected chi connectivity index (χ1v) is 7.89. The van der Waals surface area contributed by atoms with Gasteiger partial charge in [0, 0.05) is 31.6 Å². The summed E-state index contributed by atoms with van der Waals surface area (Å²) >= 11 is 0. The molecule has 0 fully saturated rings. The first-order valence-electron chi connectivity index (χ1n) is 7.89. The van der Waals surface area contributed by atoms with Crippen LogP contribution in [0.25, 0.3) is 0 Å². The van der Waals surface area contributed by atoms with Crippen LogP contribution in [0.15, 0.2) is 0 Å². The predicted octanol–water partition coefficient (Wildman–Crippen LogP) is 3.79. The molecular formula is C16H30N4. The smallest absolute Gasteiger partial charge is 0.137 e. The van der Waals surface area contributed by atoms with Crippen LogP contribution in [-0.2, 0) is 6.42 Å². The fourth-order valence-corrected chi connectivity index (χ4v) is 2.13. The lowest BCUT2D eigenvalue weighted by Crippen LogP contribution is -2.30. The van der Waals surface area contributed by atoms with Crippen molar-refractivity contribution < 1.29 is 0 Å². The number of nitrogens with zero attached hydrogens (tertiary/aromatic N) is 3. The number of nitrogens with one attached hydrogen (secondary N) is 1. The minimum absolute atomic E-state index is 0.483. The Labute approximate surface area is 124 Å². The molecule has 0 aliphatic carbocycles. The molecule has 0 aromatic carbocycles. The summed E-state index contributed by atoms with van der Waals surface area (Å²) in [6, 6.07) is 0.483. The van der Waals surface area contributed by atoms with Crippen molar-refractivity contribution >= 4 is 11.6 Å². The normalized spacial score (nSPS) is 12.3. The van der Waals surface area contributed by atoms with Crippen LogP contribution in [0, 0.1) is 6.92 Å². The molecule has 1 unspecified atom stereocenters. The molecule has 1 aromatic rings. The van der Waals surface area contributed by atoms with Crippen LogP contribution in [0.1, 0.15) is 58.3 Å². The van der Waals surface area contributed by atoms with E-state index in [1.165, 1.54) is 0 Å². The van der Waals surface area contributed by atoms with Gasteiger partial charge in [-0.15, -0.1) is 0 Å². The Bertz CT molecular complexity index is 417. The van der Waals surface area contributed by atoms with Gasteiger partial charge in [-0.2, -0.15) is 0 Å². The Morgan fingerprint density at radius 3 is 2.40 bits per heavy atom. The maximum Gasteiger partial charge on any atom is 0.137 e. The summed E-state index contributed by atoms with van der Waals surface area (Å²) in [7, 11) is 2.13. The molecule has 4 nitrogen and oxygen atoms in total. The summed E-state index contributed by atoms with van der Waals surface area (Å²) in [6.07, 6.45) is 4.22. The third kappa shape index (κ3) is 4.09. The number of aryl methyl sites for hydroxylation is 1. The second-order valence-corrected chi connectivity index (χ2v) is 5.48. The molecule has 1 N–H and O–H groups in total. The van der Waals surface area contributed by atoms with Gasteiger partial charge < -0.3 is 10.2 Å². The average Bonchev–Trinajstić information content (AvgIpc) is 2.46. The monoisotopic (exact) mass is 278 g/mol. The molecule has 0 saturated carbocycles. The van der Waals surface area contributed by atoms with Crippen LogP contribution in [-0.4, -0.2) is 29.6 Å². The average molecular weight is 278 g/mol. The van der Waals surface area contributed by atoms with Crippen molar-refractivity contribution in [3.05, 3.63) is 11.4 Å². The third-order valence-corrected chi connectivity index (χ3v) is 3.77. The van der Waals surface area contributed by atoms with Gasteiger partial charge in [-0.25, -0.2) is 9.97 Å². The van der Waals surface area contributed by atoms with E-state index in [0.717, 1.165) is 55.3 Å². The van der Waals surface area contributed by atoms with Crippen LogP contribution in [0.5, 0.6) is 0 Å². The van der Waals surface area contributed by atoms with E-state index in [0.29, 0.717) is 6.04 Å². The molecule has 0 bridgehead atoms. The van der Waals surface area contributed by atoms with Gasteiger partial charge in [0.2, 0.25) is 0 Å². The standard InChI is InChI=1S/C16H30N4/c1-7-10-14-18-15(17-11-8-2)13(5)16(19-14)20(6)12(4)9-3/h12H,7-11H2,1-6H3,(H,17,18,19). The molecule has 1 rings (SSSR count). The maximum atomic E-state index is 4.77. The van der Waals surface area contributed by atoms with Crippen molar-refractivity contribution in [1.82, 2.24) is 9.97 Å². The number of anilines is 2. The number of rotatable bonds is 8. The summed E-state index contributed by atoms with van der Waals surface area (Å²) in [5, 5.41) is 3.44. The van der Waals surface area contributed by atoms with Crippen LogP contribution < -0.4 is 10.2 Å². The van der Waals surface area contributed by atoms with E-state index < -0.39 is 0 Å². The molecule has 0 aliphatic rings. The van der Waals surface area contributed by atoms with Gasteiger partial charge in [0.1, 0.15) is 17.5 Å². The predicted molar refractivity (Wildman–Crippen MR) is 87.7 cm³/mol. The highest BCUT2D eigenvalue weighted by molar-refractivity contribution is 5.58. The van der Waals surface area contributed by atoms with Gasteiger partial charge in [0.25, 0.3) is 0 Å². The van der Waals surface area contributed by atoms with Gasteiger partial charge in [0.05, 0.1) is 0 Å². The molecule has 0 aliphatic heterocycles. The summed E-state index contributed by atoms with van der Waals surface area (Å²) in [5.41, 5.74) is 1.15. The zero-order valence-corrected chi connectivity index (χ0v) is 14.0. The molecule has 114 valence electrons. The van der Waals surface area contributed by atoms with Crippen LogP contribution in [0.2, 0.25) is 0 Å². The number of aromatic nitrogens is 2. The van der Waals surface area contributed by atoms with Crippen molar-refractivity contribution in [2.24, 2.45) is 0 Å².